The number of alkyl halides is 1. The molecule has 2 bridgehead atoms. The standard InChI is InChI=1S/C19H16F2N6O2/c20-10-7-23-27(9-10)12-2-3-13(16(28)6-12)15-8-22-19(26-25-15)29-17-5-11-1-4-14(24-11)18(17)21/h1-4,6-9,11,14,17-18,24,28H,5H2/t11-,14?,17-,18+/m0/s1. The van der Waals surface area contributed by atoms with Crippen LogP contribution >= 0.6 is 0 Å². The van der Waals surface area contributed by atoms with Crippen LogP contribution in [-0.2, 0) is 0 Å². The van der Waals surface area contributed by atoms with E-state index in [4.69, 9.17) is 4.74 Å². The smallest absolute Gasteiger partial charge is 0.336 e. The third-order valence-corrected chi connectivity index (χ3v) is 5.01. The van der Waals surface area contributed by atoms with Gasteiger partial charge in [0, 0.05) is 24.1 Å². The van der Waals surface area contributed by atoms with Crippen LogP contribution in [-0.4, -0.2) is 54.4 Å². The second-order valence-corrected chi connectivity index (χ2v) is 6.95. The summed E-state index contributed by atoms with van der Waals surface area (Å²) < 4.78 is 34.4. The minimum atomic E-state index is -1.20. The quantitative estimate of drug-likeness (QED) is 0.649. The number of ether oxygens (including phenoxy) is 1. The van der Waals surface area contributed by atoms with Crippen molar-refractivity contribution >= 4 is 0 Å². The molecule has 2 aliphatic heterocycles. The molecule has 8 nitrogen and oxygen atoms in total. The molecule has 1 aromatic carbocycles. The number of hydrogen-bond acceptors (Lipinski definition) is 7. The highest BCUT2D eigenvalue weighted by atomic mass is 19.1. The van der Waals surface area contributed by atoms with Gasteiger partial charge in [-0.3, -0.25) is 0 Å². The van der Waals surface area contributed by atoms with Gasteiger partial charge in [-0.05, 0) is 12.1 Å². The topological polar surface area (TPSA) is 98.0 Å². The fourth-order valence-corrected chi connectivity index (χ4v) is 3.58. The number of phenols is 1. The van der Waals surface area contributed by atoms with E-state index in [-0.39, 0.29) is 23.8 Å². The second kappa shape index (κ2) is 6.89. The first-order valence-corrected chi connectivity index (χ1v) is 9.05. The maximum Gasteiger partial charge on any atom is 0.336 e. The van der Waals surface area contributed by atoms with Gasteiger partial charge < -0.3 is 15.2 Å². The molecule has 0 aliphatic carbocycles. The average Bonchev–Trinajstić information content (AvgIpc) is 3.33. The van der Waals surface area contributed by atoms with Crippen molar-refractivity contribution in [3.63, 3.8) is 0 Å². The molecule has 2 aromatic heterocycles. The van der Waals surface area contributed by atoms with Crippen LogP contribution in [0.5, 0.6) is 11.8 Å². The minimum absolute atomic E-state index is 0.0224. The van der Waals surface area contributed by atoms with E-state index in [0.29, 0.717) is 23.4 Å². The lowest BCUT2D eigenvalue weighted by molar-refractivity contribution is 0.0438. The van der Waals surface area contributed by atoms with E-state index in [1.54, 1.807) is 12.1 Å². The van der Waals surface area contributed by atoms with Crippen molar-refractivity contribution < 1.29 is 18.6 Å². The van der Waals surface area contributed by atoms with Crippen molar-refractivity contribution in [2.45, 2.75) is 30.8 Å². The Morgan fingerprint density at radius 1 is 1.21 bits per heavy atom. The van der Waals surface area contributed by atoms with Gasteiger partial charge in [0.2, 0.25) is 0 Å². The van der Waals surface area contributed by atoms with E-state index in [2.05, 4.69) is 25.6 Å². The summed E-state index contributed by atoms with van der Waals surface area (Å²) in [6.07, 6.45) is 6.04. The van der Waals surface area contributed by atoms with Crippen LogP contribution in [0.4, 0.5) is 8.78 Å². The first kappa shape index (κ1) is 17.7. The molecule has 148 valence electrons. The van der Waals surface area contributed by atoms with Gasteiger partial charge in [0.15, 0.2) is 12.0 Å². The minimum Gasteiger partial charge on any atom is -0.507 e. The van der Waals surface area contributed by atoms with Crippen LogP contribution in [0.2, 0.25) is 0 Å². The van der Waals surface area contributed by atoms with Crippen LogP contribution in [0.3, 0.4) is 0 Å². The zero-order valence-corrected chi connectivity index (χ0v) is 15.0. The summed E-state index contributed by atoms with van der Waals surface area (Å²) in [4.78, 5) is 4.10. The Labute approximate surface area is 163 Å². The van der Waals surface area contributed by atoms with Crippen LogP contribution in [0.25, 0.3) is 16.9 Å². The van der Waals surface area contributed by atoms with E-state index < -0.39 is 18.1 Å². The SMILES string of the molecule is Oc1cc(-n2cc(F)cn2)ccc1-c1cnc(O[C@H]2C[C@@H]3C=CC(N3)[C@H]2F)nn1. The number of aromatic nitrogens is 5. The molecule has 5 rings (SSSR count). The van der Waals surface area contributed by atoms with Gasteiger partial charge in [0.05, 0.1) is 30.3 Å². The summed E-state index contributed by atoms with van der Waals surface area (Å²) in [5.41, 5.74) is 1.19. The van der Waals surface area contributed by atoms with Gasteiger partial charge >= 0.3 is 6.01 Å². The van der Waals surface area contributed by atoms with Crippen molar-refractivity contribution in [3.05, 3.63) is 54.8 Å². The molecule has 1 unspecified atom stereocenters. The number of hydrogen-bond donors (Lipinski definition) is 2. The Kier molecular flexibility index (Phi) is 4.20. The number of phenolic OH excluding ortho intramolecular Hbond substituents is 1. The Hall–Kier alpha value is -3.40. The number of nitrogens with zero attached hydrogens (tertiary/aromatic N) is 5. The van der Waals surface area contributed by atoms with E-state index in [1.165, 1.54) is 23.1 Å². The van der Waals surface area contributed by atoms with Crippen LogP contribution in [0, 0.1) is 5.82 Å². The van der Waals surface area contributed by atoms with Gasteiger partial charge in [0.1, 0.15) is 17.5 Å². The largest absolute Gasteiger partial charge is 0.507 e. The third kappa shape index (κ3) is 3.31. The van der Waals surface area contributed by atoms with E-state index in [1.807, 2.05) is 12.2 Å². The molecule has 4 atom stereocenters. The van der Waals surface area contributed by atoms with Crippen molar-refractivity contribution in [3.8, 4) is 28.7 Å². The Morgan fingerprint density at radius 3 is 2.83 bits per heavy atom. The zero-order chi connectivity index (χ0) is 20.0. The summed E-state index contributed by atoms with van der Waals surface area (Å²) >= 11 is 0. The third-order valence-electron chi connectivity index (χ3n) is 5.01. The predicted molar refractivity (Wildman–Crippen MR) is 97.8 cm³/mol. The predicted octanol–water partition coefficient (Wildman–Crippen LogP) is 1.95. The van der Waals surface area contributed by atoms with Gasteiger partial charge in [-0.1, -0.05) is 17.3 Å². The monoisotopic (exact) mass is 398 g/mol. The number of aromatic hydroxyl groups is 1. The molecule has 10 heteroatoms. The summed E-state index contributed by atoms with van der Waals surface area (Å²) in [5.74, 6) is -0.569. The Balaban J connectivity index is 1.32. The molecule has 1 fully saturated rings. The van der Waals surface area contributed by atoms with E-state index in [0.717, 1.165) is 6.20 Å². The number of nitrogens with one attached hydrogen (secondary N) is 1. The first-order chi connectivity index (χ1) is 14.1. The van der Waals surface area contributed by atoms with Crippen molar-refractivity contribution in [1.82, 2.24) is 30.3 Å². The maximum absolute atomic E-state index is 14.4. The molecule has 29 heavy (non-hydrogen) atoms. The van der Waals surface area contributed by atoms with Gasteiger partial charge in [-0.2, -0.15) is 5.10 Å². The molecule has 2 aliphatic rings. The average molecular weight is 398 g/mol. The molecule has 0 saturated carbocycles. The molecule has 0 radical (unpaired) electrons. The molecule has 0 spiro atoms. The lowest BCUT2D eigenvalue weighted by Crippen LogP contribution is -2.52. The van der Waals surface area contributed by atoms with Crippen molar-refractivity contribution in [2.75, 3.05) is 0 Å². The molecular weight excluding hydrogens is 382 g/mol. The number of halogens is 2. The summed E-state index contributed by atoms with van der Waals surface area (Å²) in [6.45, 7) is 0. The zero-order valence-electron chi connectivity index (χ0n) is 15.0. The summed E-state index contributed by atoms with van der Waals surface area (Å²) in [7, 11) is 0. The van der Waals surface area contributed by atoms with Gasteiger partial charge in [0.25, 0.3) is 0 Å². The fraction of sp³-hybridized carbons (Fsp3) is 0.263. The van der Waals surface area contributed by atoms with E-state index >= 15 is 0 Å². The maximum atomic E-state index is 14.4. The molecular formula is C19H16F2N6O2. The lowest BCUT2D eigenvalue weighted by Gasteiger charge is -2.32. The van der Waals surface area contributed by atoms with E-state index in [9.17, 15) is 13.9 Å². The van der Waals surface area contributed by atoms with Crippen LogP contribution < -0.4 is 10.1 Å². The first-order valence-electron chi connectivity index (χ1n) is 9.05. The number of fused-ring (bicyclic) bond motifs is 2. The molecule has 0 amide bonds. The summed E-state index contributed by atoms with van der Waals surface area (Å²) in [6, 6.07) is 4.39. The molecule has 1 saturated heterocycles. The van der Waals surface area contributed by atoms with Crippen LogP contribution in [0.1, 0.15) is 6.42 Å². The number of rotatable bonds is 4. The Morgan fingerprint density at radius 2 is 2.10 bits per heavy atom. The highest BCUT2D eigenvalue weighted by Gasteiger charge is 2.40. The Bertz CT molecular complexity index is 1070. The second-order valence-electron chi connectivity index (χ2n) is 6.95. The van der Waals surface area contributed by atoms with Gasteiger partial charge in [-0.15, -0.1) is 5.10 Å². The highest BCUT2D eigenvalue weighted by Crippen LogP contribution is 2.30. The number of piperidine rings is 1. The fourth-order valence-electron chi connectivity index (χ4n) is 3.58. The molecule has 4 heterocycles. The number of benzene rings is 1. The highest BCUT2D eigenvalue weighted by molar-refractivity contribution is 5.67. The normalized spacial score (nSPS) is 25.3. The summed E-state index contributed by atoms with van der Waals surface area (Å²) in [5, 5.41) is 25.2. The molecule has 2 N–H and O–H groups in total. The van der Waals surface area contributed by atoms with Crippen molar-refractivity contribution in [2.24, 2.45) is 0 Å². The lowest BCUT2D eigenvalue weighted by atomic mass is 9.99. The molecule has 3 aromatic rings. The van der Waals surface area contributed by atoms with Gasteiger partial charge in [-0.25, -0.2) is 18.4 Å². The van der Waals surface area contributed by atoms with Crippen LogP contribution in [0.15, 0.2) is 48.9 Å². The van der Waals surface area contributed by atoms with Crippen molar-refractivity contribution in [1.29, 1.82) is 0 Å².